The van der Waals surface area contributed by atoms with Gasteiger partial charge in [0.15, 0.2) is 0 Å². The minimum absolute atomic E-state index is 0.00665. The number of morpholine rings is 1. The molecule has 2 aromatic carbocycles. The highest BCUT2D eigenvalue weighted by atomic mass is 16.5. The number of rotatable bonds is 7. The molecule has 0 spiro atoms. The number of carbonyl (C=O) groups is 2. The molecule has 1 aliphatic rings. The third-order valence-electron chi connectivity index (χ3n) is 5.77. The van der Waals surface area contributed by atoms with Gasteiger partial charge in [-0.1, -0.05) is 12.1 Å². The number of aryl methyl sites for hydroxylation is 1. The van der Waals surface area contributed by atoms with Crippen molar-refractivity contribution in [2.24, 2.45) is 0 Å². The van der Waals surface area contributed by atoms with Crippen LogP contribution in [-0.4, -0.2) is 66.4 Å². The summed E-state index contributed by atoms with van der Waals surface area (Å²) in [6, 6.07) is 14.1. The van der Waals surface area contributed by atoms with Crippen LogP contribution < -0.4 is 21.3 Å². The van der Waals surface area contributed by atoms with Crippen LogP contribution in [0.25, 0.3) is 10.8 Å². The summed E-state index contributed by atoms with van der Waals surface area (Å²) in [5, 5.41) is 5.90. The second-order valence-corrected chi connectivity index (χ2v) is 8.14. The van der Waals surface area contributed by atoms with Gasteiger partial charge >= 0.3 is 0 Å². The predicted molar refractivity (Wildman–Crippen MR) is 129 cm³/mol. The van der Waals surface area contributed by atoms with E-state index in [0.717, 1.165) is 23.5 Å². The van der Waals surface area contributed by atoms with E-state index in [-0.39, 0.29) is 36.9 Å². The topological polar surface area (TPSA) is 117 Å². The Morgan fingerprint density at radius 2 is 1.71 bits per heavy atom. The van der Waals surface area contributed by atoms with Gasteiger partial charge in [-0.2, -0.15) is 0 Å². The van der Waals surface area contributed by atoms with E-state index < -0.39 is 5.56 Å². The van der Waals surface area contributed by atoms with Gasteiger partial charge in [-0.3, -0.25) is 24.3 Å². The maximum absolute atomic E-state index is 12.6. The molecule has 34 heavy (non-hydrogen) atoms. The number of carbonyl (C=O) groups excluding carboxylic acids is 2. The largest absolute Gasteiger partial charge is 0.378 e. The maximum atomic E-state index is 12.6. The Morgan fingerprint density at radius 3 is 2.41 bits per heavy atom. The molecule has 1 fully saturated rings. The number of ether oxygens (including phenoxy) is 1. The molecule has 1 aliphatic heterocycles. The summed E-state index contributed by atoms with van der Waals surface area (Å²) < 4.78 is 6.49. The van der Waals surface area contributed by atoms with Crippen LogP contribution >= 0.6 is 0 Å². The van der Waals surface area contributed by atoms with E-state index in [1.807, 2.05) is 24.3 Å². The van der Waals surface area contributed by atoms with Crippen molar-refractivity contribution in [3.63, 3.8) is 0 Å². The van der Waals surface area contributed by atoms with E-state index in [0.29, 0.717) is 29.7 Å². The van der Waals surface area contributed by atoms with Gasteiger partial charge in [0.2, 0.25) is 11.8 Å². The number of nitrogens with zero attached hydrogens (tertiary/aromatic N) is 3. The molecule has 3 aromatic rings. The predicted octanol–water partition coefficient (Wildman–Crippen LogP) is 1.01. The van der Waals surface area contributed by atoms with Crippen molar-refractivity contribution >= 4 is 34.0 Å². The van der Waals surface area contributed by atoms with Crippen molar-refractivity contribution in [1.82, 2.24) is 14.7 Å². The van der Waals surface area contributed by atoms with Crippen LogP contribution in [0.3, 0.4) is 0 Å². The molecule has 10 nitrogen and oxygen atoms in total. The molecule has 1 saturated heterocycles. The minimum Gasteiger partial charge on any atom is -0.378 e. The molecule has 2 amide bonds. The van der Waals surface area contributed by atoms with Crippen molar-refractivity contribution in [1.29, 1.82) is 0 Å². The third-order valence-corrected chi connectivity index (χ3v) is 5.77. The van der Waals surface area contributed by atoms with Crippen LogP contribution in [0.5, 0.6) is 0 Å². The smallest absolute Gasteiger partial charge is 0.273 e. The van der Waals surface area contributed by atoms with Crippen molar-refractivity contribution in [3.8, 4) is 0 Å². The van der Waals surface area contributed by atoms with Crippen molar-refractivity contribution in [2.45, 2.75) is 13.0 Å². The Balaban J connectivity index is 1.30. The summed E-state index contributed by atoms with van der Waals surface area (Å²) in [7, 11) is 1.52. The molecule has 2 N–H and O–H groups in total. The van der Waals surface area contributed by atoms with Crippen molar-refractivity contribution in [3.05, 3.63) is 69.2 Å². The molecule has 0 atom stereocenters. The number of benzene rings is 2. The number of hydrogen-bond acceptors (Lipinski definition) is 6. The molecule has 0 radical (unpaired) electrons. The first-order valence-corrected chi connectivity index (χ1v) is 11.1. The first-order chi connectivity index (χ1) is 16.4. The molecule has 0 saturated carbocycles. The molecule has 0 bridgehead atoms. The number of likely N-dealkylation sites (N-methyl/N-ethyl adjacent to an activating group) is 1. The molecule has 4 rings (SSSR count). The van der Waals surface area contributed by atoms with E-state index in [9.17, 15) is 19.2 Å². The number of H-pyrrole nitrogens is 1. The molecular formula is C24H27N5O5. The zero-order valence-electron chi connectivity index (χ0n) is 19.0. The van der Waals surface area contributed by atoms with Gasteiger partial charge in [-0.25, -0.2) is 4.68 Å². The van der Waals surface area contributed by atoms with Gasteiger partial charge in [0.25, 0.3) is 11.1 Å². The first kappa shape index (κ1) is 23.2. The fraction of sp³-hybridized carbons (Fsp3) is 0.333. The third kappa shape index (κ3) is 5.34. The SMILES string of the molecule is CN(CC(=O)Nc1ccc(N2CCOCC2)cc1)C(=O)CCn1[nH]c(=O)c2ccccc2c1=O. The van der Waals surface area contributed by atoms with Gasteiger partial charge in [-0.05, 0) is 36.4 Å². The molecule has 2 heterocycles. The van der Waals surface area contributed by atoms with Crippen LogP contribution in [0, 0.1) is 0 Å². The summed E-state index contributed by atoms with van der Waals surface area (Å²) in [5.74, 6) is -0.648. The highest BCUT2D eigenvalue weighted by molar-refractivity contribution is 5.94. The lowest BCUT2D eigenvalue weighted by atomic mass is 10.2. The molecule has 1 aromatic heterocycles. The van der Waals surface area contributed by atoms with Crippen LogP contribution in [0.1, 0.15) is 6.42 Å². The minimum atomic E-state index is -0.394. The second-order valence-electron chi connectivity index (χ2n) is 8.14. The highest BCUT2D eigenvalue weighted by Gasteiger charge is 2.15. The van der Waals surface area contributed by atoms with Crippen LogP contribution in [0.4, 0.5) is 11.4 Å². The number of fused-ring (bicyclic) bond motifs is 1. The number of anilines is 2. The van der Waals surface area contributed by atoms with Crippen LogP contribution in [0.2, 0.25) is 0 Å². The monoisotopic (exact) mass is 465 g/mol. The molecule has 10 heteroatoms. The Kier molecular flexibility index (Phi) is 7.07. The second kappa shape index (κ2) is 10.3. The fourth-order valence-electron chi connectivity index (χ4n) is 3.88. The van der Waals surface area contributed by atoms with Crippen molar-refractivity contribution in [2.75, 3.05) is 50.1 Å². The standard InChI is InChI=1S/C24H27N5O5/c1-27(16-21(30)25-17-6-8-18(9-7-17)28-12-14-34-15-13-28)22(31)10-11-29-24(33)20-5-3-2-4-19(20)23(32)26-29/h2-9H,10-16H2,1H3,(H,25,30)(H,26,32). The Labute approximate surface area is 195 Å². The summed E-state index contributed by atoms with van der Waals surface area (Å²) >= 11 is 0. The number of aromatic amines is 1. The van der Waals surface area contributed by atoms with Gasteiger partial charge in [0.05, 0.1) is 37.1 Å². The molecule has 178 valence electrons. The van der Waals surface area contributed by atoms with E-state index in [1.54, 1.807) is 24.3 Å². The van der Waals surface area contributed by atoms with E-state index >= 15 is 0 Å². The van der Waals surface area contributed by atoms with Gasteiger partial charge in [0.1, 0.15) is 0 Å². The number of aromatic nitrogens is 2. The number of hydrogen-bond donors (Lipinski definition) is 2. The van der Waals surface area contributed by atoms with Gasteiger partial charge < -0.3 is 19.9 Å². The summed E-state index contributed by atoms with van der Waals surface area (Å²) in [4.78, 5) is 53.2. The average Bonchev–Trinajstić information content (AvgIpc) is 2.86. The van der Waals surface area contributed by atoms with Gasteiger partial charge in [-0.15, -0.1) is 0 Å². The quantitative estimate of drug-likeness (QED) is 0.538. The summed E-state index contributed by atoms with van der Waals surface area (Å²) in [6.45, 7) is 2.93. The fourth-order valence-corrected chi connectivity index (χ4v) is 3.88. The Hall–Kier alpha value is -3.92. The summed E-state index contributed by atoms with van der Waals surface area (Å²) in [6.07, 6.45) is -0.0355. The van der Waals surface area contributed by atoms with Crippen LogP contribution in [0.15, 0.2) is 58.1 Å². The normalized spacial score (nSPS) is 13.6. The number of amides is 2. The van der Waals surface area contributed by atoms with Crippen LogP contribution in [-0.2, 0) is 20.9 Å². The van der Waals surface area contributed by atoms with Gasteiger partial charge in [0, 0.05) is 37.9 Å². The summed E-state index contributed by atoms with van der Waals surface area (Å²) in [5.41, 5.74) is 0.942. The average molecular weight is 466 g/mol. The van der Waals surface area contributed by atoms with E-state index in [1.165, 1.54) is 11.9 Å². The Morgan fingerprint density at radius 1 is 1.03 bits per heavy atom. The van der Waals surface area contributed by atoms with E-state index in [2.05, 4.69) is 15.3 Å². The molecule has 0 unspecified atom stereocenters. The first-order valence-electron chi connectivity index (χ1n) is 11.1. The lowest BCUT2D eigenvalue weighted by Gasteiger charge is -2.28. The zero-order valence-corrected chi connectivity index (χ0v) is 19.0. The van der Waals surface area contributed by atoms with E-state index in [4.69, 9.17) is 4.74 Å². The Bertz CT molecular complexity index is 1290. The highest BCUT2D eigenvalue weighted by Crippen LogP contribution is 2.19. The lowest BCUT2D eigenvalue weighted by Crippen LogP contribution is -2.37. The maximum Gasteiger partial charge on any atom is 0.273 e. The number of nitrogens with one attached hydrogen (secondary N) is 2. The lowest BCUT2D eigenvalue weighted by molar-refractivity contribution is -0.133. The van der Waals surface area contributed by atoms with Crippen molar-refractivity contribution < 1.29 is 14.3 Å². The molecular weight excluding hydrogens is 438 g/mol. The zero-order chi connectivity index (χ0) is 24.1. The molecule has 0 aliphatic carbocycles.